The Labute approximate surface area is 126 Å². The van der Waals surface area contributed by atoms with E-state index in [2.05, 4.69) is 25.6 Å². The van der Waals surface area contributed by atoms with Crippen molar-refractivity contribution in [1.29, 1.82) is 0 Å². The molecule has 20 heavy (non-hydrogen) atoms. The molecule has 0 saturated carbocycles. The number of aromatic nitrogens is 3. The molecule has 6 nitrogen and oxygen atoms in total. The van der Waals surface area contributed by atoms with Crippen molar-refractivity contribution >= 4 is 35.0 Å². The lowest BCUT2D eigenvalue weighted by Crippen LogP contribution is -2.16. The highest BCUT2D eigenvalue weighted by Crippen LogP contribution is 2.22. The zero-order valence-corrected chi connectivity index (χ0v) is 12.2. The summed E-state index contributed by atoms with van der Waals surface area (Å²) in [6, 6.07) is 3.32. The predicted molar refractivity (Wildman–Crippen MR) is 79.8 cm³/mol. The third kappa shape index (κ3) is 4.11. The number of halogens is 2. The van der Waals surface area contributed by atoms with E-state index in [-0.39, 0.29) is 0 Å². The molecule has 2 rings (SSSR count). The molecule has 0 bridgehead atoms. The SMILES string of the molecule is COc1ccnc(NCCNc2ncc(Cl)cc2Cl)n1. The highest BCUT2D eigenvalue weighted by atomic mass is 35.5. The van der Waals surface area contributed by atoms with Crippen molar-refractivity contribution in [2.24, 2.45) is 0 Å². The van der Waals surface area contributed by atoms with Crippen molar-refractivity contribution in [2.45, 2.75) is 0 Å². The highest BCUT2D eigenvalue weighted by molar-refractivity contribution is 6.35. The Balaban J connectivity index is 1.81. The fraction of sp³-hybridized carbons (Fsp3) is 0.250. The van der Waals surface area contributed by atoms with Gasteiger partial charge in [0.05, 0.1) is 17.2 Å². The number of methoxy groups -OCH3 is 1. The summed E-state index contributed by atoms with van der Waals surface area (Å²) in [5.41, 5.74) is 0. The van der Waals surface area contributed by atoms with E-state index in [1.54, 1.807) is 25.4 Å². The Morgan fingerprint density at radius 3 is 2.75 bits per heavy atom. The minimum atomic E-state index is 0.482. The number of rotatable bonds is 6. The summed E-state index contributed by atoms with van der Waals surface area (Å²) in [5.74, 6) is 1.60. The fourth-order valence-electron chi connectivity index (χ4n) is 1.44. The summed E-state index contributed by atoms with van der Waals surface area (Å²) in [4.78, 5) is 12.3. The number of nitrogens with zero attached hydrogens (tertiary/aromatic N) is 3. The smallest absolute Gasteiger partial charge is 0.226 e. The van der Waals surface area contributed by atoms with Crippen molar-refractivity contribution in [3.8, 4) is 5.88 Å². The van der Waals surface area contributed by atoms with Gasteiger partial charge in [-0.25, -0.2) is 9.97 Å². The van der Waals surface area contributed by atoms with Crippen LogP contribution in [0.15, 0.2) is 24.5 Å². The summed E-state index contributed by atoms with van der Waals surface area (Å²) in [6.45, 7) is 1.21. The van der Waals surface area contributed by atoms with Gasteiger partial charge < -0.3 is 15.4 Å². The standard InChI is InChI=1S/C12H13Cl2N5O/c1-20-10-2-3-16-12(19-10)17-5-4-15-11-9(14)6-8(13)7-18-11/h2-3,6-7H,4-5H2,1H3,(H,15,18)(H,16,17,19). The molecule has 0 aromatic carbocycles. The quantitative estimate of drug-likeness (QED) is 0.799. The molecule has 0 aliphatic rings. The first-order valence-corrected chi connectivity index (χ1v) is 6.60. The van der Waals surface area contributed by atoms with Gasteiger partial charge in [-0.2, -0.15) is 4.98 Å². The van der Waals surface area contributed by atoms with Gasteiger partial charge in [0.2, 0.25) is 11.8 Å². The van der Waals surface area contributed by atoms with E-state index in [4.69, 9.17) is 27.9 Å². The molecule has 2 aromatic heterocycles. The predicted octanol–water partition coefficient (Wildman–Crippen LogP) is 2.71. The fourth-order valence-corrected chi connectivity index (χ4v) is 1.89. The highest BCUT2D eigenvalue weighted by Gasteiger charge is 2.02. The zero-order chi connectivity index (χ0) is 14.4. The van der Waals surface area contributed by atoms with Gasteiger partial charge in [0.25, 0.3) is 0 Å². The van der Waals surface area contributed by atoms with Crippen LogP contribution in [-0.2, 0) is 0 Å². The summed E-state index contributed by atoms with van der Waals surface area (Å²) in [7, 11) is 1.56. The molecule has 0 radical (unpaired) electrons. The molecule has 0 fully saturated rings. The molecular formula is C12H13Cl2N5O. The molecule has 0 aliphatic carbocycles. The van der Waals surface area contributed by atoms with E-state index in [9.17, 15) is 0 Å². The molecule has 8 heteroatoms. The van der Waals surface area contributed by atoms with E-state index in [0.29, 0.717) is 40.8 Å². The number of ether oxygens (including phenoxy) is 1. The summed E-state index contributed by atoms with van der Waals surface area (Å²) in [5, 5.41) is 7.13. The molecule has 0 spiro atoms. The van der Waals surface area contributed by atoms with Crippen LogP contribution in [0.2, 0.25) is 10.0 Å². The van der Waals surface area contributed by atoms with Crippen molar-refractivity contribution in [1.82, 2.24) is 15.0 Å². The average Bonchev–Trinajstić information content (AvgIpc) is 2.45. The molecule has 0 aliphatic heterocycles. The van der Waals surface area contributed by atoms with E-state index in [0.717, 1.165) is 0 Å². The van der Waals surface area contributed by atoms with Crippen molar-refractivity contribution in [3.05, 3.63) is 34.6 Å². The molecular weight excluding hydrogens is 301 g/mol. The Morgan fingerprint density at radius 1 is 1.20 bits per heavy atom. The lowest BCUT2D eigenvalue weighted by molar-refractivity contribution is 0.397. The second-order valence-corrected chi connectivity index (χ2v) is 4.60. The molecule has 0 saturated heterocycles. The Hall–Kier alpha value is -1.79. The third-order valence-corrected chi connectivity index (χ3v) is 2.84. The van der Waals surface area contributed by atoms with Crippen LogP contribution < -0.4 is 15.4 Å². The van der Waals surface area contributed by atoms with Crippen LogP contribution in [0.5, 0.6) is 5.88 Å². The maximum atomic E-state index is 5.99. The zero-order valence-electron chi connectivity index (χ0n) is 10.7. The van der Waals surface area contributed by atoms with Gasteiger partial charge in [-0.15, -0.1) is 0 Å². The van der Waals surface area contributed by atoms with Crippen LogP contribution in [0.25, 0.3) is 0 Å². The number of nitrogens with one attached hydrogen (secondary N) is 2. The van der Waals surface area contributed by atoms with Crippen LogP contribution in [0, 0.1) is 0 Å². The van der Waals surface area contributed by atoms with Gasteiger partial charge >= 0.3 is 0 Å². The Bertz CT molecular complexity index is 582. The van der Waals surface area contributed by atoms with E-state index >= 15 is 0 Å². The van der Waals surface area contributed by atoms with E-state index < -0.39 is 0 Å². The first-order chi connectivity index (χ1) is 9.69. The summed E-state index contributed by atoms with van der Waals surface area (Å²) >= 11 is 11.8. The lowest BCUT2D eigenvalue weighted by Gasteiger charge is -2.09. The van der Waals surface area contributed by atoms with E-state index in [1.807, 2.05) is 0 Å². The maximum absolute atomic E-state index is 5.99. The Morgan fingerprint density at radius 2 is 2.00 bits per heavy atom. The summed E-state index contributed by atoms with van der Waals surface area (Å²) < 4.78 is 5.01. The largest absolute Gasteiger partial charge is 0.481 e. The van der Waals surface area contributed by atoms with Gasteiger partial charge in [-0.3, -0.25) is 0 Å². The lowest BCUT2D eigenvalue weighted by atomic mass is 10.4. The minimum absolute atomic E-state index is 0.482. The van der Waals surface area contributed by atoms with Crippen LogP contribution >= 0.6 is 23.2 Å². The number of pyridine rings is 1. The van der Waals surface area contributed by atoms with Gasteiger partial charge in [-0.1, -0.05) is 23.2 Å². The van der Waals surface area contributed by atoms with Crippen molar-refractivity contribution in [2.75, 3.05) is 30.8 Å². The third-order valence-electron chi connectivity index (χ3n) is 2.35. The van der Waals surface area contributed by atoms with Crippen LogP contribution in [-0.4, -0.2) is 35.2 Å². The molecule has 0 unspecified atom stereocenters. The maximum Gasteiger partial charge on any atom is 0.226 e. The van der Waals surface area contributed by atoms with Crippen LogP contribution in [0.1, 0.15) is 0 Å². The molecule has 106 valence electrons. The van der Waals surface area contributed by atoms with Gasteiger partial charge in [-0.05, 0) is 6.07 Å². The average molecular weight is 314 g/mol. The minimum Gasteiger partial charge on any atom is -0.481 e. The van der Waals surface area contributed by atoms with E-state index in [1.165, 1.54) is 6.20 Å². The number of anilines is 2. The number of hydrogen-bond donors (Lipinski definition) is 2. The molecule has 0 atom stereocenters. The first-order valence-electron chi connectivity index (χ1n) is 5.85. The number of hydrogen-bond acceptors (Lipinski definition) is 6. The van der Waals surface area contributed by atoms with Gasteiger partial charge in [0.15, 0.2) is 0 Å². The first kappa shape index (κ1) is 14.6. The molecule has 2 N–H and O–H groups in total. The topological polar surface area (TPSA) is 72.0 Å². The monoisotopic (exact) mass is 313 g/mol. The van der Waals surface area contributed by atoms with Gasteiger partial charge in [0.1, 0.15) is 5.82 Å². The van der Waals surface area contributed by atoms with Gasteiger partial charge in [0, 0.05) is 31.5 Å². The Kier molecular flexibility index (Phi) is 5.20. The molecule has 2 heterocycles. The van der Waals surface area contributed by atoms with Crippen LogP contribution in [0.3, 0.4) is 0 Å². The van der Waals surface area contributed by atoms with Crippen molar-refractivity contribution < 1.29 is 4.74 Å². The second-order valence-electron chi connectivity index (χ2n) is 3.76. The van der Waals surface area contributed by atoms with Crippen LogP contribution in [0.4, 0.5) is 11.8 Å². The summed E-state index contributed by atoms with van der Waals surface area (Å²) in [6.07, 6.45) is 3.16. The van der Waals surface area contributed by atoms with Crippen molar-refractivity contribution in [3.63, 3.8) is 0 Å². The second kappa shape index (κ2) is 7.12. The molecule has 0 amide bonds. The molecule has 2 aromatic rings. The normalized spacial score (nSPS) is 10.2.